The second-order valence-corrected chi connectivity index (χ2v) is 7.25. The summed E-state index contributed by atoms with van der Waals surface area (Å²) in [6.07, 6.45) is 7.11. The number of hydrogen-bond donors (Lipinski definition) is 1. The van der Waals surface area contributed by atoms with Crippen LogP contribution in [0.5, 0.6) is 0 Å². The topological polar surface area (TPSA) is 67.3 Å². The van der Waals surface area contributed by atoms with E-state index in [1.165, 1.54) is 0 Å². The Hall–Kier alpha value is -2.61. The predicted molar refractivity (Wildman–Crippen MR) is 107 cm³/mol. The second kappa shape index (κ2) is 8.39. The molecule has 7 heteroatoms. The zero-order valence-corrected chi connectivity index (χ0v) is 15.6. The highest BCUT2D eigenvalue weighted by Gasteiger charge is 2.14. The third kappa shape index (κ3) is 4.57. The maximum atomic E-state index is 12.3. The quantitative estimate of drug-likeness (QED) is 0.737. The predicted octanol–water partition coefficient (Wildman–Crippen LogP) is 3.14. The number of carbonyl (C=O) groups excluding carboxylic acids is 1. The van der Waals surface area contributed by atoms with Gasteiger partial charge in [-0.2, -0.15) is 0 Å². The van der Waals surface area contributed by atoms with E-state index in [0.29, 0.717) is 25.4 Å². The summed E-state index contributed by atoms with van der Waals surface area (Å²) >= 11 is 1.65. The molecule has 3 aromatic rings. The first-order chi connectivity index (χ1) is 13.3. The van der Waals surface area contributed by atoms with Crippen molar-refractivity contribution in [3.8, 4) is 21.6 Å². The SMILES string of the molecule is O=C(CN1CCOCC1)Nc1cncc(-c2cc(-c3cccnc3)cs2)c1. The van der Waals surface area contributed by atoms with E-state index < -0.39 is 0 Å². The Morgan fingerprint density at radius 3 is 2.78 bits per heavy atom. The number of aromatic nitrogens is 2. The Bertz CT molecular complexity index is 907. The lowest BCUT2D eigenvalue weighted by atomic mass is 10.1. The van der Waals surface area contributed by atoms with Gasteiger partial charge in [-0.05, 0) is 29.1 Å². The van der Waals surface area contributed by atoms with E-state index in [1.807, 2.05) is 30.6 Å². The van der Waals surface area contributed by atoms with Crippen molar-refractivity contribution < 1.29 is 9.53 Å². The van der Waals surface area contributed by atoms with E-state index in [0.717, 1.165) is 34.7 Å². The van der Waals surface area contributed by atoms with E-state index >= 15 is 0 Å². The Balaban J connectivity index is 1.44. The Morgan fingerprint density at radius 2 is 1.96 bits per heavy atom. The van der Waals surface area contributed by atoms with Crippen molar-refractivity contribution in [1.29, 1.82) is 0 Å². The molecule has 6 nitrogen and oxygen atoms in total. The lowest BCUT2D eigenvalue weighted by Gasteiger charge is -2.25. The number of nitrogens with one attached hydrogen (secondary N) is 1. The summed E-state index contributed by atoms with van der Waals surface area (Å²) in [6, 6.07) is 8.05. The van der Waals surface area contributed by atoms with Crippen molar-refractivity contribution in [3.63, 3.8) is 0 Å². The molecule has 27 heavy (non-hydrogen) atoms. The van der Waals surface area contributed by atoms with Crippen LogP contribution in [0.25, 0.3) is 21.6 Å². The van der Waals surface area contributed by atoms with Crippen molar-refractivity contribution in [2.75, 3.05) is 38.2 Å². The van der Waals surface area contributed by atoms with Crippen molar-refractivity contribution in [1.82, 2.24) is 14.9 Å². The first-order valence-corrected chi connectivity index (χ1v) is 9.70. The number of thiophene rings is 1. The standard InChI is InChI=1S/C20H20N4O2S/c25-20(13-24-4-6-26-7-5-24)23-18-8-16(11-22-12-18)19-9-17(14-27-19)15-2-1-3-21-10-15/h1-3,8-12,14H,4-7,13H2,(H,23,25). The Morgan fingerprint density at radius 1 is 1.11 bits per heavy atom. The molecule has 1 fully saturated rings. The third-order valence-electron chi connectivity index (χ3n) is 4.37. The van der Waals surface area contributed by atoms with Crippen LogP contribution in [0.3, 0.4) is 0 Å². The van der Waals surface area contributed by atoms with E-state index in [-0.39, 0.29) is 5.91 Å². The number of hydrogen-bond acceptors (Lipinski definition) is 6. The van der Waals surface area contributed by atoms with E-state index in [2.05, 4.69) is 31.6 Å². The number of amides is 1. The number of morpholine rings is 1. The van der Waals surface area contributed by atoms with Gasteiger partial charge in [0.2, 0.25) is 5.91 Å². The van der Waals surface area contributed by atoms with Gasteiger partial charge in [0.25, 0.3) is 0 Å². The van der Waals surface area contributed by atoms with Crippen LogP contribution in [-0.2, 0) is 9.53 Å². The molecule has 1 aliphatic heterocycles. The number of ether oxygens (including phenoxy) is 1. The highest BCUT2D eigenvalue weighted by atomic mass is 32.1. The molecule has 1 N–H and O–H groups in total. The third-order valence-corrected chi connectivity index (χ3v) is 5.35. The molecule has 138 valence electrons. The second-order valence-electron chi connectivity index (χ2n) is 6.34. The van der Waals surface area contributed by atoms with Gasteiger partial charge in [-0.15, -0.1) is 11.3 Å². The molecule has 0 bridgehead atoms. The molecule has 0 saturated carbocycles. The lowest BCUT2D eigenvalue weighted by molar-refractivity contribution is -0.118. The Kier molecular flexibility index (Phi) is 5.53. The van der Waals surface area contributed by atoms with Gasteiger partial charge in [-0.25, -0.2) is 0 Å². The van der Waals surface area contributed by atoms with E-state index in [9.17, 15) is 4.79 Å². The van der Waals surface area contributed by atoms with Gasteiger partial charge in [-0.1, -0.05) is 6.07 Å². The van der Waals surface area contributed by atoms with Gasteiger partial charge in [0.05, 0.1) is 31.6 Å². The zero-order chi connectivity index (χ0) is 18.5. The fourth-order valence-corrected chi connectivity index (χ4v) is 3.88. The smallest absolute Gasteiger partial charge is 0.238 e. The minimum Gasteiger partial charge on any atom is -0.379 e. The van der Waals surface area contributed by atoms with Crippen molar-refractivity contribution in [2.45, 2.75) is 0 Å². The van der Waals surface area contributed by atoms with Gasteiger partial charge in [0, 0.05) is 47.7 Å². The summed E-state index contributed by atoms with van der Waals surface area (Å²) in [5.74, 6) is -0.0296. The molecule has 0 atom stereocenters. The molecule has 4 rings (SSSR count). The highest BCUT2D eigenvalue weighted by Crippen LogP contribution is 2.32. The molecular formula is C20H20N4O2S. The van der Waals surface area contributed by atoms with Crippen LogP contribution < -0.4 is 5.32 Å². The van der Waals surface area contributed by atoms with Crippen LogP contribution in [0.2, 0.25) is 0 Å². The maximum Gasteiger partial charge on any atom is 0.238 e. The number of anilines is 1. The molecule has 0 aliphatic carbocycles. The minimum atomic E-state index is -0.0296. The summed E-state index contributed by atoms with van der Waals surface area (Å²) in [4.78, 5) is 23.9. The van der Waals surface area contributed by atoms with Crippen LogP contribution in [0.1, 0.15) is 0 Å². The number of rotatable bonds is 5. The van der Waals surface area contributed by atoms with Gasteiger partial charge >= 0.3 is 0 Å². The van der Waals surface area contributed by atoms with Crippen LogP contribution >= 0.6 is 11.3 Å². The monoisotopic (exact) mass is 380 g/mol. The maximum absolute atomic E-state index is 12.3. The minimum absolute atomic E-state index is 0.0296. The van der Waals surface area contributed by atoms with Crippen LogP contribution in [0.4, 0.5) is 5.69 Å². The highest BCUT2D eigenvalue weighted by molar-refractivity contribution is 7.14. The van der Waals surface area contributed by atoms with Crippen molar-refractivity contribution in [3.05, 3.63) is 54.4 Å². The molecule has 4 heterocycles. The first kappa shape index (κ1) is 17.8. The average molecular weight is 380 g/mol. The summed E-state index contributed by atoms with van der Waals surface area (Å²) in [6.45, 7) is 3.32. The molecule has 1 amide bonds. The summed E-state index contributed by atoms with van der Waals surface area (Å²) in [5.41, 5.74) is 3.91. The fourth-order valence-electron chi connectivity index (χ4n) is 2.98. The van der Waals surface area contributed by atoms with Gasteiger partial charge < -0.3 is 10.1 Å². The van der Waals surface area contributed by atoms with Gasteiger partial charge in [-0.3, -0.25) is 19.7 Å². The molecule has 0 aromatic carbocycles. The van der Waals surface area contributed by atoms with Crippen molar-refractivity contribution >= 4 is 22.9 Å². The van der Waals surface area contributed by atoms with Gasteiger partial charge in [0.15, 0.2) is 0 Å². The van der Waals surface area contributed by atoms with Crippen molar-refractivity contribution in [2.24, 2.45) is 0 Å². The normalized spacial score (nSPS) is 14.8. The molecule has 0 spiro atoms. The van der Waals surface area contributed by atoms with Crippen LogP contribution in [-0.4, -0.2) is 53.6 Å². The van der Waals surface area contributed by atoms with E-state index in [4.69, 9.17) is 4.74 Å². The number of carbonyl (C=O) groups is 1. The number of nitrogens with zero attached hydrogens (tertiary/aromatic N) is 3. The van der Waals surface area contributed by atoms with Gasteiger partial charge in [0.1, 0.15) is 0 Å². The molecule has 0 radical (unpaired) electrons. The molecular weight excluding hydrogens is 360 g/mol. The molecule has 1 saturated heterocycles. The molecule has 0 unspecified atom stereocenters. The van der Waals surface area contributed by atoms with Crippen LogP contribution in [0.15, 0.2) is 54.4 Å². The molecule has 3 aromatic heterocycles. The zero-order valence-electron chi connectivity index (χ0n) is 14.8. The molecule has 1 aliphatic rings. The fraction of sp³-hybridized carbons (Fsp3) is 0.250. The Labute approximate surface area is 161 Å². The largest absolute Gasteiger partial charge is 0.379 e. The summed E-state index contributed by atoms with van der Waals surface area (Å²) < 4.78 is 5.31. The summed E-state index contributed by atoms with van der Waals surface area (Å²) in [7, 11) is 0. The lowest BCUT2D eigenvalue weighted by Crippen LogP contribution is -2.41. The average Bonchev–Trinajstić information content (AvgIpc) is 3.20. The van der Waals surface area contributed by atoms with E-state index in [1.54, 1.807) is 23.7 Å². The van der Waals surface area contributed by atoms with Crippen LogP contribution in [0, 0.1) is 0 Å². The number of pyridine rings is 2. The summed E-state index contributed by atoms with van der Waals surface area (Å²) in [5, 5.41) is 5.06. The first-order valence-electron chi connectivity index (χ1n) is 8.82.